The van der Waals surface area contributed by atoms with Crippen molar-refractivity contribution in [2.75, 3.05) is 26.3 Å². The maximum Gasteiger partial charge on any atom is 0.243 e. The molecular formula is C24H20N4O4S. The number of para-hydroxylation sites is 2. The summed E-state index contributed by atoms with van der Waals surface area (Å²) in [4.78, 5) is 7.83. The molecule has 3 heterocycles. The Balaban J connectivity index is 1.38. The lowest BCUT2D eigenvalue weighted by Gasteiger charge is -2.26. The average molecular weight is 461 g/mol. The van der Waals surface area contributed by atoms with Crippen LogP contribution >= 0.6 is 0 Å². The molecule has 1 aliphatic heterocycles. The van der Waals surface area contributed by atoms with Gasteiger partial charge < -0.3 is 14.1 Å². The Morgan fingerprint density at radius 3 is 2.55 bits per heavy atom. The zero-order valence-electron chi connectivity index (χ0n) is 17.6. The molecular weight excluding hydrogens is 440 g/mol. The minimum absolute atomic E-state index is 0.233. The molecule has 0 saturated carbocycles. The highest BCUT2D eigenvalue weighted by molar-refractivity contribution is 7.89. The first-order valence-electron chi connectivity index (χ1n) is 10.4. The second-order valence-electron chi connectivity index (χ2n) is 7.52. The zero-order chi connectivity index (χ0) is 22.8. The molecule has 2 aromatic carbocycles. The number of hydrogen-bond acceptors (Lipinski definition) is 6. The Bertz CT molecular complexity index is 1440. The van der Waals surface area contributed by atoms with Crippen molar-refractivity contribution < 1.29 is 17.6 Å². The maximum absolute atomic E-state index is 12.8. The molecule has 33 heavy (non-hydrogen) atoms. The van der Waals surface area contributed by atoms with Crippen molar-refractivity contribution in [3.8, 4) is 17.4 Å². The number of nitrogens with zero attached hydrogens (tertiary/aromatic N) is 3. The van der Waals surface area contributed by atoms with Gasteiger partial charge in [0.25, 0.3) is 0 Å². The number of aromatic amines is 1. The summed E-state index contributed by atoms with van der Waals surface area (Å²) in [6.07, 6.45) is 1.62. The normalized spacial score (nSPS) is 15.5. The van der Waals surface area contributed by atoms with E-state index in [9.17, 15) is 13.7 Å². The van der Waals surface area contributed by atoms with Gasteiger partial charge in [-0.1, -0.05) is 12.1 Å². The molecule has 1 saturated heterocycles. The molecule has 1 fully saturated rings. The molecule has 0 aliphatic carbocycles. The standard InChI is InChI=1S/C24H20N4O4S/c25-16-18(24-26-21-3-1-2-4-22(21)27-24)15-19-7-10-23(32-19)17-5-8-20(9-6-17)33(29,30)28-11-13-31-14-12-28/h1-10,15H,11-14H2,(H,26,27). The van der Waals surface area contributed by atoms with Crippen molar-refractivity contribution in [3.63, 3.8) is 0 Å². The predicted octanol–water partition coefficient (Wildman–Crippen LogP) is 3.91. The van der Waals surface area contributed by atoms with Crippen molar-refractivity contribution in [1.29, 1.82) is 5.26 Å². The molecule has 0 atom stereocenters. The Morgan fingerprint density at radius 1 is 1.06 bits per heavy atom. The number of ether oxygens (including phenoxy) is 1. The number of benzene rings is 2. The molecule has 5 rings (SSSR count). The van der Waals surface area contributed by atoms with Crippen LogP contribution in [-0.2, 0) is 14.8 Å². The van der Waals surface area contributed by atoms with Crippen LogP contribution in [0, 0.1) is 11.3 Å². The van der Waals surface area contributed by atoms with E-state index in [1.165, 1.54) is 4.31 Å². The summed E-state index contributed by atoms with van der Waals surface area (Å²) in [5, 5.41) is 9.62. The van der Waals surface area contributed by atoms with Crippen LogP contribution in [-0.4, -0.2) is 49.0 Å². The Kier molecular flexibility index (Phi) is 5.56. The van der Waals surface area contributed by atoms with Crippen molar-refractivity contribution in [1.82, 2.24) is 14.3 Å². The van der Waals surface area contributed by atoms with Crippen LogP contribution < -0.4 is 0 Å². The molecule has 9 heteroatoms. The number of allylic oxidation sites excluding steroid dienone is 1. The molecule has 0 spiro atoms. The van der Waals surface area contributed by atoms with Crippen LogP contribution in [0.15, 0.2) is 70.0 Å². The van der Waals surface area contributed by atoms with Gasteiger partial charge in [0.05, 0.1) is 34.7 Å². The highest BCUT2D eigenvalue weighted by Gasteiger charge is 2.26. The minimum Gasteiger partial charge on any atom is -0.457 e. The molecule has 0 radical (unpaired) electrons. The molecule has 0 amide bonds. The van der Waals surface area contributed by atoms with Crippen LogP contribution in [0.4, 0.5) is 0 Å². The highest BCUT2D eigenvalue weighted by Crippen LogP contribution is 2.27. The van der Waals surface area contributed by atoms with Gasteiger partial charge in [0, 0.05) is 24.7 Å². The highest BCUT2D eigenvalue weighted by atomic mass is 32.2. The van der Waals surface area contributed by atoms with E-state index in [-0.39, 0.29) is 4.90 Å². The summed E-state index contributed by atoms with van der Waals surface area (Å²) in [6, 6.07) is 19.8. The minimum atomic E-state index is -3.55. The van der Waals surface area contributed by atoms with Gasteiger partial charge in [0.2, 0.25) is 10.0 Å². The van der Waals surface area contributed by atoms with E-state index in [0.717, 1.165) is 16.6 Å². The Labute approximate surface area is 190 Å². The molecule has 1 N–H and O–H groups in total. The number of nitrogens with one attached hydrogen (secondary N) is 1. The maximum atomic E-state index is 12.8. The van der Waals surface area contributed by atoms with Gasteiger partial charge in [0.1, 0.15) is 23.4 Å². The van der Waals surface area contributed by atoms with Crippen LogP contribution in [0.2, 0.25) is 0 Å². The number of imidazole rings is 1. The van der Waals surface area contributed by atoms with Gasteiger partial charge in [-0.3, -0.25) is 0 Å². The van der Waals surface area contributed by atoms with Crippen molar-refractivity contribution >= 4 is 32.7 Å². The zero-order valence-corrected chi connectivity index (χ0v) is 18.4. The number of morpholine rings is 1. The smallest absolute Gasteiger partial charge is 0.243 e. The largest absolute Gasteiger partial charge is 0.457 e. The van der Waals surface area contributed by atoms with Crippen LogP contribution in [0.5, 0.6) is 0 Å². The summed E-state index contributed by atoms with van der Waals surface area (Å²) in [6.45, 7) is 1.51. The van der Waals surface area contributed by atoms with E-state index in [0.29, 0.717) is 49.2 Å². The molecule has 2 aromatic heterocycles. The van der Waals surface area contributed by atoms with Gasteiger partial charge in [-0.25, -0.2) is 13.4 Å². The van der Waals surface area contributed by atoms with E-state index in [1.54, 1.807) is 42.5 Å². The first-order chi connectivity index (χ1) is 16.0. The number of H-pyrrole nitrogens is 1. The molecule has 0 unspecified atom stereocenters. The Hall–Kier alpha value is -3.71. The number of nitriles is 1. The van der Waals surface area contributed by atoms with Crippen molar-refractivity contribution in [2.24, 2.45) is 0 Å². The van der Waals surface area contributed by atoms with E-state index in [2.05, 4.69) is 16.0 Å². The van der Waals surface area contributed by atoms with Crippen molar-refractivity contribution in [2.45, 2.75) is 4.90 Å². The SMILES string of the molecule is N#CC(=Cc1ccc(-c2ccc(S(=O)(=O)N3CCOCC3)cc2)o1)c1nc2ccccc2[nH]1. The fourth-order valence-corrected chi connectivity index (χ4v) is 5.10. The molecule has 4 aromatic rings. The lowest BCUT2D eigenvalue weighted by atomic mass is 10.2. The van der Waals surface area contributed by atoms with Gasteiger partial charge >= 0.3 is 0 Å². The third-order valence-electron chi connectivity index (χ3n) is 5.42. The van der Waals surface area contributed by atoms with Gasteiger partial charge in [-0.15, -0.1) is 0 Å². The predicted molar refractivity (Wildman–Crippen MR) is 123 cm³/mol. The molecule has 166 valence electrons. The number of sulfonamides is 1. The van der Waals surface area contributed by atoms with Gasteiger partial charge in [0.15, 0.2) is 0 Å². The third kappa shape index (κ3) is 4.19. The fourth-order valence-electron chi connectivity index (χ4n) is 3.69. The van der Waals surface area contributed by atoms with Crippen molar-refractivity contribution in [3.05, 3.63) is 72.2 Å². The first-order valence-corrected chi connectivity index (χ1v) is 11.8. The molecule has 0 bridgehead atoms. The fraction of sp³-hybridized carbons (Fsp3) is 0.167. The number of furan rings is 1. The monoisotopic (exact) mass is 460 g/mol. The second-order valence-corrected chi connectivity index (χ2v) is 9.45. The lowest BCUT2D eigenvalue weighted by Crippen LogP contribution is -2.40. The summed E-state index contributed by atoms with van der Waals surface area (Å²) in [5.41, 5.74) is 2.71. The van der Waals surface area contributed by atoms with Gasteiger partial charge in [-0.05, 0) is 48.5 Å². The Morgan fingerprint density at radius 2 is 1.82 bits per heavy atom. The van der Waals surface area contributed by atoms with Crippen LogP contribution in [0.1, 0.15) is 11.6 Å². The first kappa shape index (κ1) is 21.2. The molecule has 1 aliphatic rings. The van der Waals surface area contributed by atoms with E-state index < -0.39 is 10.0 Å². The second kappa shape index (κ2) is 8.67. The number of rotatable bonds is 5. The third-order valence-corrected chi connectivity index (χ3v) is 7.34. The number of fused-ring (bicyclic) bond motifs is 1. The molecule has 8 nitrogen and oxygen atoms in total. The van der Waals surface area contributed by atoms with E-state index in [4.69, 9.17) is 9.15 Å². The average Bonchev–Trinajstić information content (AvgIpc) is 3.50. The van der Waals surface area contributed by atoms with E-state index in [1.807, 2.05) is 24.3 Å². The number of hydrogen-bond donors (Lipinski definition) is 1. The van der Waals surface area contributed by atoms with Gasteiger partial charge in [-0.2, -0.15) is 9.57 Å². The topological polar surface area (TPSA) is 112 Å². The summed E-state index contributed by atoms with van der Waals surface area (Å²) >= 11 is 0. The summed E-state index contributed by atoms with van der Waals surface area (Å²) in [5.74, 6) is 1.53. The van der Waals surface area contributed by atoms with Crippen LogP contribution in [0.3, 0.4) is 0 Å². The van der Waals surface area contributed by atoms with Crippen LogP contribution in [0.25, 0.3) is 34.0 Å². The van der Waals surface area contributed by atoms with E-state index >= 15 is 0 Å². The lowest BCUT2D eigenvalue weighted by molar-refractivity contribution is 0.0730. The summed E-state index contributed by atoms with van der Waals surface area (Å²) in [7, 11) is -3.55. The summed E-state index contributed by atoms with van der Waals surface area (Å²) < 4.78 is 38.2. The number of aromatic nitrogens is 2. The quantitative estimate of drug-likeness (QED) is 0.452.